The van der Waals surface area contributed by atoms with Gasteiger partial charge in [-0.1, -0.05) is 29.3 Å². The standard InChI is InChI=1S/C14H17Cl2NO/c1-18-7-11-10-4-5-17-8-14(10,11)9-2-3-12(15)13(16)6-9/h2-3,6,10-11,17H,4-5,7-8H2,1H3. The van der Waals surface area contributed by atoms with Crippen LogP contribution in [-0.2, 0) is 10.2 Å². The summed E-state index contributed by atoms with van der Waals surface area (Å²) in [6.45, 7) is 2.95. The van der Waals surface area contributed by atoms with Crippen LogP contribution in [0.1, 0.15) is 12.0 Å². The molecule has 1 heterocycles. The summed E-state index contributed by atoms with van der Waals surface area (Å²) in [6.07, 6.45) is 1.22. The molecule has 0 amide bonds. The molecular weight excluding hydrogens is 269 g/mol. The number of ether oxygens (including phenoxy) is 1. The summed E-state index contributed by atoms with van der Waals surface area (Å²) in [5, 5.41) is 4.78. The predicted octanol–water partition coefficient (Wildman–Crippen LogP) is 3.12. The quantitative estimate of drug-likeness (QED) is 0.921. The number of hydrogen-bond donors (Lipinski definition) is 1. The maximum Gasteiger partial charge on any atom is 0.0595 e. The lowest BCUT2D eigenvalue weighted by molar-refractivity contribution is 0.176. The second kappa shape index (κ2) is 4.68. The van der Waals surface area contributed by atoms with Crippen LogP contribution in [0.3, 0.4) is 0 Å². The van der Waals surface area contributed by atoms with Crippen LogP contribution in [0.25, 0.3) is 0 Å². The van der Waals surface area contributed by atoms with Gasteiger partial charge in [-0.25, -0.2) is 0 Å². The van der Waals surface area contributed by atoms with Gasteiger partial charge in [0.2, 0.25) is 0 Å². The fourth-order valence-corrected chi connectivity index (χ4v) is 3.94. The molecule has 2 aliphatic rings. The Morgan fingerprint density at radius 2 is 2.22 bits per heavy atom. The largest absolute Gasteiger partial charge is 0.384 e. The third kappa shape index (κ3) is 1.78. The fraction of sp³-hybridized carbons (Fsp3) is 0.571. The van der Waals surface area contributed by atoms with E-state index < -0.39 is 0 Å². The van der Waals surface area contributed by atoms with E-state index in [1.807, 2.05) is 12.1 Å². The Kier molecular flexibility index (Phi) is 3.31. The van der Waals surface area contributed by atoms with E-state index >= 15 is 0 Å². The summed E-state index contributed by atoms with van der Waals surface area (Å²) in [5.74, 6) is 1.32. The van der Waals surface area contributed by atoms with Crippen molar-refractivity contribution in [2.75, 3.05) is 26.8 Å². The highest BCUT2D eigenvalue weighted by Gasteiger charge is 2.65. The third-order valence-electron chi connectivity index (χ3n) is 4.55. The molecule has 2 nitrogen and oxygen atoms in total. The molecule has 0 aromatic heterocycles. The van der Waals surface area contributed by atoms with Gasteiger partial charge in [0.15, 0.2) is 0 Å². The first-order valence-electron chi connectivity index (χ1n) is 6.35. The maximum atomic E-state index is 6.15. The number of piperidine rings is 1. The topological polar surface area (TPSA) is 21.3 Å². The minimum Gasteiger partial charge on any atom is -0.384 e. The monoisotopic (exact) mass is 285 g/mol. The van der Waals surface area contributed by atoms with E-state index in [-0.39, 0.29) is 5.41 Å². The molecular formula is C14H17Cl2NO. The van der Waals surface area contributed by atoms with Crippen molar-refractivity contribution in [1.29, 1.82) is 0 Å². The molecule has 1 N–H and O–H groups in total. The molecule has 4 heteroatoms. The van der Waals surface area contributed by atoms with Crippen molar-refractivity contribution in [3.05, 3.63) is 33.8 Å². The van der Waals surface area contributed by atoms with Crippen LogP contribution in [0, 0.1) is 11.8 Å². The second-order valence-electron chi connectivity index (χ2n) is 5.30. The Morgan fingerprint density at radius 3 is 2.94 bits per heavy atom. The lowest BCUT2D eigenvalue weighted by Gasteiger charge is -2.24. The summed E-state index contributed by atoms with van der Waals surface area (Å²) < 4.78 is 5.37. The molecule has 3 atom stereocenters. The summed E-state index contributed by atoms with van der Waals surface area (Å²) in [4.78, 5) is 0. The molecule has 1 aromatic carbocycles. The van der Waals surface area contributed by atoms with Crippen LogP contribution in [0.4, 0.5) is 0 Å². The van der Waals surface area contributed by atoms with Crippen molar-refractivity contribution in [3.63, 3.8) is 0 Å². The van der Waals surface area contributed by atoms with E-state index in [9.17, 15) is 0 Å². The number of nitrogens with one attached hydrogen (secondary N) is 1. The Morgan fingerprint density at radius 1 is 1.39 bits per heavy atom. The van der Waals surface area contributed by atoms with E-state index in [1.54, 1.807) is 7.11 Å². The van der Waals surface area contributed by atoms with Gasteiger partial charge in [-0.2, -0.15) is 0 Å². The number of hydrogen-bond acceptors (Lipinski definition) is 2. The van der Waals surface area contributed by atoms with Crippen molar-refractivity contribution in [2.45, 2.75) is 11.8 Å². The molecule has 3 unspecified atom stereocenters. The average Bonchev–Trinajstić information content (AvgIpc) is 3.03. The number of benzene rings is 1. The molecule has 18 heavy (non-hydrogen) atoms. The first kappa shape index (κ1) is 12.7. The van der Waals surface area contributed by atoms with Crippen LogP contribution in [0.2, 0.25) is 10.0 Å². The molecule has 2 fully saturated rings. The zero-order chi connectivity index (χ0) is 12.8. The Bertz CT molecular complexity index is 465. The molecule has 3 rings (SSSR count). The Balaban J connectivity index is 1.95. The van der Waals surface area contributed by atoms with Gasteiger partial charge in [0, 0.05) is 19.1 Å². The molecule has 1 saturated heterocycles. The minimum absolute atomic E-state index is 0.211. The normalized spacial score (nSPS) is 34.2. The van der Waals surface area contributed by atoms with Crippen LogP contribution in [-0.4, -0.2) is 26.8 Å². The van der Waals surface area contributed by atoms with E-state index in [1.165, 1.54) is 12.0 Å². The van der Waals surface area contributed by atoms with Gasteiger partial charge in [0.1, 0.15) is 0 Å². The first-order valence-corrected chi connectivity index (χ1v) is 7.11. The van der Waals surface area contributed by atoms with Crippen molar-refractivity contribution >= 4 is 23.2 Å². The summed E-state index contributed by atoms with van der Waals surface area (Å²) in [5.41, 5.74) is 1.51. The molecule has 1 aromatic rings. The summed E-state index contributed by atoms with van der Waals surface area (Å²) in [6, 6.07) is 6.05. The van der Waals surface area contributed by atoms with Gasteiger partial charge in [0.25, 0.3) is 0 Å². The van der Waals surface area contributed by atoms with E-state index in [0.29, 0.717) is 16.0 Å². The van der Waals surface area contributed by atoms with E-state index in [4.69, 9.17) is 27.9 Å². The SMILES string of the molecule is COCC1C2CCNCC21c1ccc(Cl)c(Cl)c1. The zero-order valence-corrected chi connectivity index (χ0v) is 11.9. The molecule has 1 saturated carbocycles. The van der Waals surface area contributed by atoms with Gasteiger partial charge < -0.3 is 10.1 Å². The van der Waals surface area contributed by atoms with E-state index in [2.05, 4.69) is 11.4 Å². The summed E-state index contributed by atoms with van der Waals surface area (Å²) in [7, 11) is 1.78. The number of halogens is 2. The van der Waals surface area contributed by atoms with Gasteiger partial charge in [0.05, 0.1) is 16.7 Å². The Labute approximate surface area is 118 Å². The predicted molar refractivity (Wildman–Crippen MR) is 74.5 cm³/mol. The fourth-order valence-electron chi connectivity index (χ4n) is 3.64. The van der Waals surface area contributed by atoms with Gasteiger partial charge in [-0.15, -0.1) is 0 Å². The van der Waals surface area contributed by atoms with Gasteiger partial charge >= 0.3 is 0 Å². The second-order valence-corrected chi connectivity index (χ2v) is 6.12. The number of methoxy groups -OCH3 is 1. The van der Waals surface area contributed by atoms with Crippen molar-refractivity contribution in [1.82, 2.24) is 5.32 Å². The molecule has 1 aliphatic carbocycles. The lowest BCUT2D eigenvalue weighted by atomic mass is 9.89. The highest BCUT2D eigenvalue weighted by Crippen LogP contribution is 2.62. The van der Waals surface area contributed by atoms with Crippen molar-refractivity contribution in [2.24, 2.45) is 11.8 Å². The lowest BCUT2D eigenvalue weighted by Crippen LogP contribution is -2.35. The number of rotatable bonds is 3. The molecule has 0 bridgehead atoms. The minimum atomic E-state index is 0.211. The maximum absolute atomic E-state index is 6.15. The molecule has 0 radical (unpaired) electrons. The zero-order valence-electron chi connectivity index (χ0n) is 10.4. The smallest absolute Gasteiger partial charge is 0.0595 e. The summed E-state index contributed by atoms with van der Waals surface area (Å²) >= 11 is 12.2. The van der Waals surface area contributed by atoms with Gasteiger partial charge in [-0.3, -0.25) is 0 Å². The van der Waals surface area contributed by atoms with Crippen molar-refractivity contribution < 1.29 is 4.74 Å². The van der Waals surface area contributed by atoms with Crippen LogP contribution >= 0.6 is 23.2 Å². The molecule has 0 spiro atoms. The van der Waals surface area contributed by atoms with Crippen LogP contribution in [0.15, 0.2) is 18.2 Å². The van der Waals surface area contributed by atoms with Gasteiger partial charge in [-0.05, 0) is 42.5 Å². The third-order valence-corrected chi connectivity index (χ3v) is 5.29. The highest BCUT2D eigenvalue weighted by atomic mass is 35.5. The average molecular weight is 286 g/mol. The first-order chi connectivity index (χ1) is 8.70. The Hall–Kier alpha value is -0.280. The number of fused-ring (bicyclic) bond motifs is 1. The highest BCUT2D eigenvalue weighted by molar-refractivity contribution is 6.42. The molecule has 1 aliphatic heterocycles. The van der Waals surface area contributed by atoms with Crippen molar-refractivity contribution in [3.8, 4) is 0 Å². The van der Waals surface area contributed by atoms with E-state index in [0.717, 1.165) is 25.6 Å². The van der Waals surface area contributed by atoms with Crippen LogP contribution < -0.4 is 5.32 Å². The molecule has 98 valence electrons. The van der Waals surface area contributed by atoms with Crippen LogP contribution in [0.5, 0.6) is 0 Å².